The van der Waals surface area contributed by atoms with Crippen LogP contribution in [-0.2, 0) is 10.2 Å². The Morgan fingerprint density at radius 3 is 2.32 bits per heavy atom. The minimum atomic E-state index is -1.01. The van der Waals surface area contributed by atoms with Crippen molar-refractivity contribution in [2.45, 2.75) is 51.5 Å². The average molecular weight is 303 g/mol. The van der Waals surface area contributed by atoms with E-state index in [4.69, 9.17) is 0 Å². The van der Waals surface area contributed by atoms with Gasteiger partial charge < -0.3 is 10.4 Å². The second kappa shape index (κ2) is 7.78. The van der Waals surface area contributed by atoms with Crippen molar-refractivity contribution in [3.05, 3.63) is 48.0 Å². The van der Waals surface area contributed by atoms with Crippen LogP contribution in [0.3, 0.4) is 0 Å². The number of benzene rings is 1. The number of unbranched alkanes of at least 4 members (excludes halogenated alkanes) is 1. The van der Waals surface area contributed by atoms with Crippen molar-refractivity contribution >= 4 is 11.9 Å². The number of carbonyl (C=O) groups excluding carboxylic acids is 1. The summed E-state index contributed by atoms with van der Waals surface area (Å²) in [5.74, 6) is -1.37. The number of carboxylic acids is 1. The van der Waals surface area contributed by atoms with E-state index in [0.717, 1.165) is 12.0 Å². The fraction of sp³-hybridized carbons (Fsp3) is 0.444. The number of allylic oxidation sites excluding steroid dienone is 1. The molecule has 1 aromatic carbocycles. The minimum Gasteiger partial charge on any atom is -0.480 e. The zero-order chi connectivity index (χ0) is 16.8. The van der Waals surface area contributed by atoms with Crippen LogP contribution in [0, 0.1) is 0 Å². The second-order valence-electron chi connectivity index (χ2n) is 6.41. The Labute approximate surface area is 132 Å². The standard InChI is InChI=1S/C18H25NO3/c1-5-6-7-8-15(17(21)22)19-16(20)13-9-11-14(12-10-13)18(2,3)4/h5,9-12,15H,1,6-8H2,2-4H3,(H,19,20)(H,21,22)/t15-/m1/s1. The third-order valence-electron chi connectivity index (χ3n) is 3.52. The van der Waals surface area contributed by atoms with Crippen LogP contribution in [-0.4, -0.2) is 23.0 Å². The predicted octanol–water partition coefficient (Wildman–Crippen LogP) is 3.52. The first-order valence-electron chi connectivity index (χ1n) is 7.51. The van der Waals surface area contributed by atoms with Gasteiger partial charge in [0.2, 0.25) is 0 Å². The van der Waals surface area contributed by atoms with E-state index in [1.54, 1.807) is 18.2 Å². The highest BCUT2D eigenvalue weighted by Gasteiger charge is 2.20. The van der Waals surface area contributed by atoms with Gasteiger partial charge in [0.1, 0.15) is 6.04 Å². The zero-order valence-corrected chi connectivity index (χ0v) is 13.6. The molecule has 22 heavy (non-hydrogen) atoms. The third kappa shape index (κ3) is 5.35. The Kier molecular flexibility index (Phi) is 6.35. The number of hydrogen-bond acceptors (Lipinski definition) is 2. The average Bonchev–Trinajstić information content (AvgIpc) is 2.45. The Morgan fingerprint density at radius 1 is 1.27 bits per heavy atom. The number of nitrogens with one attached hydrogen (secondary N) is 1. The maximum atomic E-state index is 12.2. The summed E-state index contributed by atoms with van der Waals surface area (Å²) < 4.78 is 0. The van der Waals surface area contributed by atoms with Crippen molar-refractivity contribution in [3.63, 3.8) is 0 Å². The summed E-state index contributed by atoms with van der Waals surface area (Å²) in [6.07, 6.45) is 3.56. The van der Waals surface area contributed by atoms with Crippen molar-refractivity contribution < 1.29 is 14.7 Å². The van der Waals surface area contributed by atoms with Crippen LogP contribution in [0.1, 0.15) is 56.0 Å². The van der Waals surface area contributed by atoms with E-state index in [9.17, 15) is 14.7 Å². The van der Waals surface area contributed by atoms with Crippen molar-refractivity contribution in [2.24, 2.45) is 0 Å². The predicted molar refractivity (Wildman–Crippen MR) is 88.1 cm³/mol. The molecule has 1 amide bonds. The van der Waals surface area contributed by atoms with E-state index in [1.165, 1.54) is 0 Å². The normalized spacial score (nSPS) is 12.5. The molecular formula is C18H25NO3. The first kappa shape index (κ1) is 18.0. The highest BCUT2D eigenvalue weighted by Crippen LogP contribution is 2.22. The number of aliphatic carboxylic acids is 1. The quantitative estimate of drug-likeness (QED) is 0.598. The maximum Gasteiger partial charge on any atom is 0.326 e. The van der Waals surface area contributed by atoms with E-state index in [1.807, 2.05) is 12.1 Å². The monoisotopic (exact) mass is 303 g/mol. The lowest BCUT2D eigenvalue weighted by atomic mass is 9.86. The Morgan fingerprint density at radius 2 is 1.86 bits per heavy atom. The molecule has 0 aromatic heterocycles. The number of amides is 1. The van der Waals surface area contributed by atoms with Gasteiger partial charge in [0, 0.05) is 5.56 Å². The van der Waals surface area contributed by atoms with Gasteiger partial charge in [0.05, 0.1) is 0 Å². The molecule has 0 unspecified atom stereocenters. The van der Waals surface area contributed by atoms with Gasteiger partial charge in [-0.25, -0.2) is 4.79 Å². The van der Waals surface area contributed by atoms with Crippen LogP contribution in [0.4, 0.5) is 0 Å². The van der Waals surface area contributed by atoms with Crippen molar-refractivity contribution in [1.82, 2.24) is 5.32 Å². The lowest BCUT2D eigenvalue weighted by Gasteiger charge is -2.19. The molecule has 1 aromatic rings. The number of hydrogen-bond donors (Lipinski definition) is 2. The molecule has 0 aliphatic heterocycles. The zero-order valence-electron chi connectivity index (χ0n) is 13.6. The molecule has 0 spiro atoms. The van der Waals surface area contributed by atoms with Crippen LogP contribution >= 0.6 is 0 Å². The Bertz CT molecular complexity index is 526. The Balaban J connectivity index is 2.73. The van der Waals surface area contributed by atoms with E-state index in [-0.39, 0.29) is 11.3 Å². The highest BCUT2D eigenvalue weighted by atomic mass is 16.4. The summed E-state index contributed by atoms with van der Waals surface area (Å²) in [6.45, 7) is 9.90. The minimum absolute atomic E-state index is 0.0172. The van der Waals surface area contributed by atoms with Crippen molar-refractivity contribution in [2.75, 3.05) is 0 Å². The number of carboxylic acid groups (broad SMARTS) is 1. The number of rotatable bonds is 7. The van der Waals surface area contributed by atoms with Gasteiger partial charge in [-0.15, -0.1) is 6.58 Å². The van der Waals surface area contributed by atoms with Crippen LogP contribution in [0.15, 0.2) is 36.9 Å². The summed E-state index contributed by atoms with van der Waals surface area (Å²) in [7, 11) is 0. The lowest BCUT2D eigenvalue weighted by Crippen LogP contribution is -2.40. The van der Waals surface area contributed by atoms with Gasteiger partial charge in [0.25, 0.3) is 5.91 Å². The largest absolute Gasteiger partial charge is 0.480 e. The SMILES string of the molecule is C=CCCC[C@@H](NC(=O)c1ccc(C(C)(C)C)cc1)C(=O)O. The van der Waals surface area contributed by atoms with Crippen LogP contribution in [0.5, 0.6) is 0 Å². The molecular weight excluding hydrogens is 278 g/mol. The molecule has 0 aliphatic carbocycles. The smallest absolute Gasteiger partial charge is 0.326 e. The van der Waals surface area contributed by atoms with E-state index >= 15 is 0 Å². The van der Waals surface area contributed by atoms with Crippen LogP contribution < -0.4 is 5.32 Å². The molecule has 0 saturated carbocycles. The van der Waals surface area contributed by atoms with Gasteiger partial charge in [-0.1, -0.05) is 39.0 Å². The summed E-state index contributed by atoms with van der Waals surface area (Å²) in [5, 5.41) is 11.8. The first-order valence-corrected chi connectivity index (χ1v) is 7.51. The van der Waals surface area contributed by atoms with Gasteiger partial charge in [0.15, 0.2) is 0 Å². The molecule has 2 N–H and O–H groups in total. The van der Waals surface area contributed by atoms with Crippen molar-refractivity contribution in [1.29, 1.82) is 0 Å². The van der Waals surface area contributed by atoms with Crippen LogP contribution in [0.2, 0.25) is 0 Å². The molecule has 4 nitrogen and oxygen atoms in total. The summed E-state index contributed by atoms with van der Waals surface area (Å²) >= 11 is 0. The molecule has 0 bridgehead atoms. The van der Waals surface area contributed by atoms with E-state index in [2.05, 4.69) is 32.7 Å². The number of carbonyl (C=O) groups is 2. The summed E-state index contributed by atoms with van der Waals surface area (Å²) in [4.78, 5) is 23.4. The molecule has 0 radical (unpaired) electrons. The second-order valence-corrected chi connectivity index (χ2v) is 6.41. The van der Waals surface area contributed by atoms with Gasteiger partial charge >= 0.3 is 5.97 Å². The van der Waals surface area contributed by atoms with Gasteiger partial charge in [-0.3, -0.25) is 4.79 Å². The summed E-state index contributed by atoms with van der Waals surface area (Å²) in [6, 6.07) is 6.41. The molecule has 1 atom stereocenters. The molecule has 0 heterocycles. The van der Waals surface area contributed by atoms with E-state index < -0.39 is 12.0 Å². The topological polar surface area (TPSA) is 66.4 Å². The van der Waals surface area contributed by atoms with Crippen molar-refractivity contribution in [3.8, 4) is 0 Å². The first-order chi connectivity index (χ1) is 10.3. The molecule has 0 saturated heterocycles. The highest BCUT2D eigenvalue weighted by molar-refractivity contribution is 5.96. The maximum absolute atomic E-state index is 12.2. The van der Waals surface area contributed by atoms with Crippen LogP contribution in [0.25, 0.3) is 0 Å². The van der Waals surface area contributed by atoms with Gasteiger partial charge in [-0.05, 0) is 42.4 Å². The molecule has 1 rings (SSSR count). The molecule has 0 fully saturated rings. The Hall–Kier alpha value is -2.10. The fourth-order valence-corrected chi connectivity index (χ4v) is 2.09. The van der Waals surface area contributed by atoms with E-state index in [0.29, 0.717) is 18.4 Å². The molecule has 4 heteroatoms. The molecule has 0 aliphatic rings. The third-order valence-corrected chi connectivity index (χ3v) is 3.52. The fourth-order valence-electron chi connectivity index (χ4n) is 2.09. The molecule has 120 valence electrons. The lowest BCUT2D eigenvalue weighted by molar-refractivity contribution is -0.139. The summed E-state index contributed by atoms with van der Waals surface area (Å²) in [5.41, 5.74) is 1.62. The van der Waals surface area contributed by atoms with Gasteiger partial charge in [-0.2, -0.15) is 0 Å².